The summed E-state index contributed by atoms with van der Waals surface area (Å²) in [4.78, 5) is 4.19. The molecule has 4 heteroatoms. The first kappa shape index (κ1) is 11.2. The monoisotopic (exact) mass is 222 g/mol. The lowest BCUT2D eigenvalue weighted by Crippen LogP contribution is -2.18. The third-order valence-corrected chi connectivity index (χ3v) is 2.59. The maximum atomic E-state index is 5.53. The van der Waals surface area contributed by atoms with Gasteiger partial charge in [-0.15, -0.1) is 0 Å². The normalized spacial score (nSPS) is 19.7. The van der Waals surface area contributed by atoms with Crippen molar-refractivity contribution >= 4 is 5.69 Å². The van der Waals surface area contributed by atoms with Crippen LogP contribution in [0.25, 0.3) is 0 Å². The number of aromatic nitrogens is 1. The molecule has 1 aliphatic heterocycles. The summed E-state index contributed by atoms with van der Waals surface area (Å²) >= 11 is 0. The van der Waals surface area contributed by atoms with Crippen molar-refractivity contribution in [2.24, 2.45) is 0 Å². The first-order chi connectivity index (χ1) is 7.88. The average molecular weight is 222 g/mol. The number of rotatable bonds is 5. The van der Waals surface area contributed by atoms with Crippen LogP contribution in [-0.2, 0) is 4.74 Å². The summed E-state index contributed by atoms with van der Waals surface area (Å²) in [6.45, 7) is 4.35. The van der Waals surface area contributed by atoms with Crippen molar-refractivity contribution in [3.05, 3.63) is 18.3 Å². The Morgan fingerprint density at radius 1 is 1.56 bits per heavy atom. The molecule has 0 aromatic carbocycles. The highest BCUT2D eigenvalue weighted by atomic mass is 16.5. The molecule has 0 bridgehead atoms. The Balaban J connectivity index is 1.80. The van der Waals surface area contributed by atoms with Crippen molar-refractivity contribution in [1.29, 1.82) is 0 Å². The molecule has 1 fully saturated rings. The standard InChI is InChI=1S/C12H18N2O2/c1-2-15-12-6-5-10(8-14-12)13-9-11-4-3-7-16-11/h5-6,8,11,13H,2-4,7,9H2,1H3. The zero-order valence-electron chi connectivity index (χ0n) is 9.61. The predicted molar refractivity (Wildman–Crippen MR) is 62.9 cm³/mol. The van der Waals surface area contributed by atoms with Gasteiger partial charge in [-0.2, -0.15) is 0 Å². The van der Waals surface area contributed by atoms with E-state index >= 15 is 0 Å². The molecular formula is C12H18N2O2. The molecule has 1 atom stereocenters. The van der Waals surface area contributed by atoms with Crippen LogP contribution >= 0.6 is 0 Å². The Kier molecular flexibility index (Phi) is 3.99. The van der Waals surface area contributed by atoms with Gasteiger partial charge >= 0.3 is 0 Å². The van der Waals surface area contributed by atoms with E-state index in [1.807, 2.05) is 19.1 Å². The Labute approximate surface area is 96.0 Å². The predicted octanol–water partition coefficient (Wildman–Crippen LogP) is 2.07. The van der Waals surface area contributed by atoms with Crippen LogP contribution in [0.2, 0.25) is 0 Å². The van der Waals surface area contributed by atoms with Gasteiger partial charge in [-0.25, -0.2) is 4.98 Å². The Morgan fingerprint density at radius 2 is 2.50 bits per heavy atom. The Hall–Kier alpha value is -1.29. The Bertz CT molecular complexity index is 307. The zero-order chi connectivity index (χ0) is 11.2. The lowest BCUT2D eigenvalue weighted by molar-refractivity contribution is 0.120. The fourth-order valence-electron chi connectivity index (χ4n) is 1.76. The van der Waals surface area contributed by atoms with Gasteiger partial charge in [0, 0.05) is 19.2 Å². The van der Waals surface area contributed by atoms with Gasteiger partial charge in [0.25, 0.3) is 0 Å². The molecule has 1 saturated heterocycles. The van der Waals surface area contributed by atoms with Crippen LogP contribution in [0.15, 0.2) is 18.3 Å². The van der Waals surface area contributed by atoms with Crippen molar-refractivity contribution in [2.45, 2.75) is 25.9 Å². The van der Waals surface area contributed by atoms with Gasteiger partial charge in [0.15, 0.2) is 0 Å². The van der Waals surface area contributed by atoms with Crippen molar-refractivity contribution in [3.63, 3.8) is 0 Å². The average Bonchev–Trinajstić information content (AvgIpc) is 2.82. The molecule has 0 radical (unpaired) electrons. The molecule has 0 amide bonds. The van der Waals surface area contributed by atoms with Gasteiger partial charge in [0.2, 0.25) is 5.88 Å². The highest BCUT2D eigenvalue weighted by Gasteiger charge is 2.14. The van der Waals surface area contributed by atoms with E-state index in [0.29, 0.717) is 18.6 Å². The van der Waals surface area contributed by atoms with E-state index in [2.05, 4.69) is 10.3 Å². The first-order valence-corrected chi connectivity index (χ1v) is 5.83. The maximum Gasteiger partial charge on any atom is 0.213 e. The van der Waals surface area contributed by atoms with E-state index < -0.39 is 0 Å². The summed E-state index contributed by atoms with van der Waals surface area (Å²) in [7, 11) is 0. The van der Waals surface area contributed by atoms with Crippen molar-refractivity contribution in [1.82, 2.24) is 4.98 Å². The zero-order valence-corrected chi connectivity index (χ0v) is 9.61. The third-order valence-electron chi connectivity index (χ3n) is 2.59. The minimum atomic E-state index is 0.353. The van der Waals surface area contributed by atoms with Crippen molar-refractivity contribution in [2.75, 3.05) is 25.1 Å². The number of anilines is 1. The molecule has 0 aliphatic carbocycles. The van der Waals surface area contributed by atoms with Gasteiger partial charge in [-0.3, -0.25) is 0 Å². The van der Waals surface area contributed by atoms with E-state index in [0.717, 1.165) is 25.3 Å². The first-order valence-electron chi connectivity index (χ1n) is 5.83. The summed E-state index contributed by atoms with van der Waals surface area (Å²) < 4.78 is 10.8. The number of ether oxygens (including phenoxy) is 2. The molecule has 2 rings (SSSR count). The van der Waals surface area contributed by atoms with Crippen LogP contribution in [0, 0.1) is 0 Å². The quantitative estimate of drug-likeness (QED) is 0.828. The summed E-state index contributed by atoms with van der Waals surface area (Å²) in [6, 6.07) is 3.86. The Morgan fingerprint density at radius 3 is 3.12 bits per heavy atom. The van der Waals surface area contributed by atoms with Gasteiger partial charge in [0.1, 0.15) is 0 Å². The van der Waals surface area contributed by atoms with E-state index in [-0.39, 0.29) is 0 Å². The van der Waals surface area contributed by atoms with Crippen LogP contribution in [-0.4, -0.2) is 30.8 Å². The summed E-state index contributed by atoms with van der Waals surface area (Å²) in [5.41, 5.74) is 1.01. The van der Waals surface area contributed by atoms with E-state index in [9.17, 15) is 0 Å². The SMILES string of the molecule is CCOc1ccc(NCC2CCCO2)cn1. The number of hydrogen-bond acceptors (Lipinski definition) is 4. The largest absolute Gasteiger partial charge is 0.478 e. The molecule has 2 heterocycles. The minimum absolute atomic E-state index is 0.353. The van der Waals surface area contributed by atoms with Crippen LogP contribution in [0.4, 0.5) is 5.69 Å². The van der Waals surface area contributed by atoms with E-state index in [4.69, 9.17) is 9.47 Å². The fourth-order valence-corrected chi connectivity index (χ4v) is 1.76. The van der Waals surface area contributed by atoms with Gasteiger partial charge in [0.05, 0.1) is 24.6 Å². The molecule has 1 aliphatic rings. The van der Waals surface area contributed by atoms with Crippen LogP contribution in [0.5, 0.6) is 5.88 Å². The number of nitrogens with zero attached hydrogens (tertiary/aromatic N) is 1. The lowest BCUT2D eigenvalue weighted by atomic mass is 10.2. The molecular weight excluding hydrogens is 204 g/mol. The maximum absolute atomic E-state index is 5.53. The number of nitrogens with one attached hydrogen (secondary N) is 1. The highest BCUT2D eigenvalue weighted by Crippen LogP contribution is 2.15. The van der Waals surface area contributed by atoms with E-state index in [1.165, 1.54) is 6.42 Å². The second-order valence-electron chi connectivity index (χ2n) is 3.83. The molecule has 88 valence electrons. The fraction of sp³-hybridized carbons (Fsp3) is 0.583. The van der Waals surface area contributed by atoms with Crippen LogP contribution < -0.4 is 10.1 Å². The molecule has 1 N–H and O–H groups in total. The van der Waals surface area contributed by atoms with Gasteiger partial charge < -0.3 is 14.8 Å². The molecule has 0 spiro atoms. The third kappa shape index (κ3) is 3.10. The van der Waals surface area contributed by atoms with Crippen LogP contribution in [0.1, 0.15) is 19.8 Å². The molecule has 1 aromatic heterocycles. The molecule has 16 heavy (non-hydrogen) atoms. The second kappa shape index (κ2) is 5.70. The van der Waals surface area contributed by atoms with E-state index in [1.54, 1.807) is 6.20 Å². The number of hydrogen-bond donors (Lipinski definition) is 1. The molecule has 1 aromatic rings. The molecule has 1 unspecified atom stereocenters. The lowest BCUT2D eigenvalue weighted by Gasteiger charge is -2.11. The summed E-state index contributed by atoms with van der Waals surface area (Å²) in [5.74, 6) is 0.671. The second-order valence-corrected chi connectivity index (χ2v) is 3.83. The van der Waals surface area contributed by atoms with Crippen molar-refractivity contribution in [3.8, 4) is 5.88 Å². The highest BCUT2D eigenvalue weighted by molar-refractivity contribution is 5.42. The van der Waals surface area contributed by atoms with Crippen molar-refractivity contribution < 1.29 is 9.47 Å². The number of pyridine rings is 1. The molecule has 4 nitrogen and oxygen atoms in total. The summed E-state index contributed by atoms with van der Waals surface area (Å²) in [6.07, 6.45) is 4.47. The van der Waals surface area contributed by atoms with Crippen LogP contribution in [0.3, 0.4) is 0 Å². The smallest absolute Gasteiger partial charge is 0.213 e. The van der Waals surface area contributed by atoms with Gasteiger partial charge in [-0.05, 0) is 25.8 Å². The molecule has 0 saturated carbocycles. The minimum Gasteiger partial charge on any atom is -0.478 e. The van der Waals surface area contributed by atoms with Gasteiger partial charge in [-0.1, -0.05) is 0 Å². The topological polar surface area (TPSA) is 43.4 Å². The summed E-state index contributed by atoms with van der Waals surface area (Å²) in [5, 5.41) is 3.31.